The van der Waals surface area contributed by atoms with Crippen LogP contribution < -0.4 is 19.3 Å². The van der Waals surface area contributed by atoms with Gasteiger partial charge in [0, 0.05) is 50.2 Å². The van der Waals surface area contributed by atoms with Gasteiger partial charge in [-0.25, -0.2) is 9.97 Å². The molecule has 1 aliphatic rings. The van der Waals surface area contributed by atoms with E-state index < -0.39 is 0 Å². The van der Waals surface area contributed by atoms with E-state index in [1.165, 1.54) is 0 Å². The minimum absolute atomic E-state index is 0.165. The lowest BCUT2D eigenvalue weighted by Crippen LogP contribution is -3.09. The van der Waals surface area contributed by atoms with Crippen LogP contribution in [0.4, 0.5) is 5.95 Å². The molecule has 1 N–H and O–H groups in total. The van der Waals surface area contributed by atoms with E-state index in [0.717, 1.165) is 41.0 Å². The molecule has 0 spiro atoms. The second-order valence-electron chi connectivity index (χ2n) is 6.91. The normalized spacial score (nSPS) is 15.2. The molecule has 0 aliphatic carbocycles. The van der Waals surface area contributed by atoms with Crippen LogP contribution in [0.15, 0.2) is 36.7 Å². The highest BCUT2D eigenvalue weighted by molar-refractivity contribution is 5.77. The summed E-state index contributed by atoms with van der Waals surface area (Å²) in [5.41, 5.74) is 1.06. The lowest BCUT2D eigenvalue weighted by atomic mass is 10.1. The van der Waals surface area contributed by atoms with E-state index in [2.05, 4.69) is 14.9 Å². The van der Waals surface area contributed by atoms with Gasteiger partial charge in [0.25, 0.3) is 5.91 Å². The van der Waals surface area contributed by atoms with Gasteiger partial charge in [-0.05, 0) is 18.2 Å². The lowest BCUT2D eigenvalue weighted by molar-refractivity contribution is -0.885. The van der Waals surface area contributed by atoms with Crippen LogP contribution >= 0.6 is 0 Å². The molecule has 0 saturated carbocycles. The number of carbonyl (C=O) groups excluding carboxylic acids is 1. The molecular formula is C20H28N5O3+. The molecule has 1 unspecified atom stereocenters. The highest BCUT2D eigenvalue weighted by Gasteiger charge is 2.24. The summed E-state index contributed by atoms with van der Waals surface area (Å²) in [5, 5.41) is 0. The van der Waals surface area contributed by atoms with Crippen molar-refractivity contribution in [2.45, 2.75) is 6.54 Å². The van der Waals surface area contributed by atoms with Gasteiger partial charge in [-0.3, -0.25) is 4.79 Å². The summed E-state index contributed by atoms with van der Waals surface area (Å²) < 4.78 is 10.7. The highest BCUT2D eigenvalue weighted by Crippen LogP contribution is 2.23. The van der Waals surface area contributed by atoms with Gasteiger partial charge in [-0.1, -0.05) is 0 Å². The number of nitrogens with zero attached hydrogens (tertiary/aromatic N) is 4. The number of anilines is 1. The summed E-state index contributed by atoms with van der Waals surface area (Å²) >= 11 is 0. The van der Waals surface area contributed by atoms with Crippen molar-refractivity contribution < 1.29 is 19.2 Å². The van der Waals surface area contributed by atoms with Crippen LogP contribution in [0.1, 0.15) is 5.56 Å². The third-order valence-electron chi connectivity index (χ3n) is 4.91. The second-order valence-corrected chi connectivity index (χ2v) is 6.91. The molecule has 1 amide bonds. The number of nitrogens with one attached hydrogen (secondary N) is 1. The van der Waals surface area contributed by atoms with Crippen molar-refractivity contribution in [2.24, 2.45) is 0 Å². The van der Waals surface area contributed by atoms with Crippen molar-refractivity contribution in [3.05, 3.63) is 42.2 Å². The zero-order valence-electron chi connectivity index (χ0n) is 16.7. The fourth-order valence-electron chi connectivity index (χ4n) is 3.37. The molecule has 3 rings (SSSR count). The van der Waals surface area contributed by atoms with Gasteiger partial charge in [-0.15, -0.1) is 0 Å². The molecule has 28 heavy (non-hydrogen) atoms. The Kier molecular flexibility index (Phi) is 6.65. The summed E-state index contributed by atoms with van der Waals surface area (Å²) in [5.74, 6) is 2.43. The number of hydrogen-bond donors (Lipinski definition) is 1. The number of quaternary nitrogens is 1. The zero-order chi connectivity index (χ0) is 19.9. The first kappa shape index (κ1) is 19.9. The summed E-state index contributed by atoms with van der Waals surface area (Å²) in [6.45, 7) is 4.03. The van der Waals surface area contributed by atoms with Crippen molar-refractivity contribution in [1.82, 2.24) is 14.9 Å². The molecule has 8 nitrogen and oxygen atoms in total. The fraction of sp³-hybridized carbons (Fsp3) is 0.450. The summed E-state index contributed by atoms with van der Waals surface area (Å²) in [6, 6.07) is 7.58. The third-order valence-corrected chi connectivity index (χ3v) is 4.91. The van der Waals surface area contributed by atoms with E-state index in [1.807, 2.05) is 30.1 Å². The van der Waals surface area contributed by atoms with Crippen LogP contribution in [0.25, 0.3) is 0 Å². The number of piperazine rings is 1. The van der Waals surface area contributed by atoms with E-state index in [-0.39, 0.29) is 5.91 Å². The average Bonchev–Trinajstić information content (AvgIpc) is 2.74. The largest absolute Gasteiger partial charge is 0.497 e. The Morgan fingerprint density at radius 3 is 2.46 bits per heavy atom. The Labute approximate surface area is 165 Å². The number of amides is 1. The van der Waals surface area contributed by atoms with Crippen molar-refractivity contribution in [3.63, 3.8) is 0 Å². The van der Waals surface area contributed by atoms with Gasteiger partial charge in [0.2, 0.25) is 5.95 Å². The Balaban J connectivity index is 1.51. The summed E-state index contributed by atoms with van der Waals surface area (Å²) in [4.78, 5) is 26.4. The van der Waals surface area contributed by atoms with Crippen molar-refractivity contribution in [2.75, 3.05) is 58.9 Å². The maximum atomic E-state index is 12.7. The van der Waals surface area contributed by atoms with Crippen molar-refractivity contribution in [3.8, 4) is 11.5 Å². The Bertz CT molecular complexity index is 779. The minimum Gasteiger partial charge on any atom is -0.497 e. The monoisotopic (exact) mass is 386 g/mol. The zero-order valence-corrected chi connectivity index (χ0v) is 16.7. The first-order chi connectivity index (χ1) is 13.6. The Hall–Kier alpha value is -2.87. The molecule has 150 valence electrons. The standard InChI is InChI=1S/C20H27N5O3/c1-23(14-16-5-6-17(27-2)13-18(16)28-3)15-19(26)24-9-11-25(12-10-24)20-21-7-4-8-22-20/h4-8,13H,9-12,14-15H2,1-3H3/p+1. The maximum absolute atomic E-state index is 12.7. The van der Waals surface area contributed by atoms with E-state index in [0.29, 0.717) is 26.2 Å². The van der Waals surface area contributed by atoms with Gasteiger partial charge in [0.1, 0.15) is 18.0 Å². The molecule has 1 aromatic carbocycles. The molecule has 1 saturated heterocycles. The SMILES string of the molecule is COc1ccc(C[NH+](C)CC(=O)N2CCN(c3ncccn3)CC2)c(OC)c1. The molecule has 2 aromatic rings. The van der Waals surface area contributed by atoms with E-state index in [9.17, 15) is 4.79 Å². The van der Waals surface area contributed by atoms with Crippen molar-refractivity contribution in [1.29, 1.82) is 0 Å². The van der Waals surface area contributed by atoms with Crippen LogP contribution in [-0.2, 0) is 11.3 Å². The van der Waals surface area contributed by atoms with Gasteiger partial charge in [-0.2, -0.15) is 0 Å². The molecule has 1 aromatic heterocycles. The Morgan fingerprint density at radius 2 is 1.82 bits per heavy atom. The van der Waals surface area contributed by atoms with Crippen LogP contribution in [0.2, 0.25) is 0 Å². The number of benzene rings is 1. The molecule has 1 fully saturated rings. The molecule has 1 atom stereocenters. The first-order valence-electron chi connectivity index (χ1n) is 9.42. The number of hydrogen-bond acceptors (Lipinski definition) is 6. The number of ether oxygens (including phenoxy) is 2. The van der Waals surface area contributed by atoms with Crippen molar-refractivity contribution >= 4 is 11.9 Å². The molecule has 1 aliphatic heterocycles. The summed E-state index contributed by atoms with van der Waals surface area (Å²) in [7, 11) is 5.30. The van der Waals surface area contributed by atoms with E-state index in [4.69, 9.17) is 9.47 Å². The maximum Gasteiger partial charge on any atom is 0.277 e. The third kappa shape index (κ3) is 4.89. The summed E-state index contributed by atoms with van der Waals surface area (Å²) in [6.07, 6.45) is 3.48. The van der Waals surface area contributed by atoms with Crippen LogP contribution in [-0.4, -0.2) is 74.8 Å². The van der Waals surface area contributed by atoms with Gasteiger partial charge in [0.05, 0.1) is 21.3 Å². The number of carbonyl (C=O) groups is 1. The number of rotatable bonds is 7. The second kappa shape index (κ2) is 9.36. The lowest BCUT2D eigenvalue weighted by Gasteiger charge is -2.34. The van der Waals surface area contributed by atoms with Gasteiger partial charge in [0.15, 0.2) is 6.54 Å². The van der Waals surface area contributed by atoms with Crippen LogP contribution in [0, 0.1) is 0 Å². The topological polar surface area (TPSA) is 72.2 Å². The molecule has 8 heteroatoms. The number of aromatic nitrogens is 2. The first-order valence-corrected chi connectivity index (χ1v) is 9.42. The quantitative estimate of drug-likeness (QED) is 0.714. The van der Waals surface area contributed by atoms with E-state index >= 15 is 0 Å². The molecular weight excluding hydrogens is 358 g/mol. The predicted octanol–water partition coefficient (Wildman–Crippen LogP) is -0.143. The van der Waals surface area contributed by atoms with Crippen LogP contribution in [0.3, 0.4) is 0 Å². The van der Waals surface area contributed by atoms with Crippen LogP contribution in [0.5, 0.6) is 11.5 Å². The number of methoxy groups -OCH3 is 2. The number of likely N-dealkylation sites (N-methyl/N-ethyl adjacent to an activating group) is 1. The van der Waals surface area contributed by atoms with Gasteiger partial charge >= 0.3 is 0 Å². The van der Waals surface area contributed by atoms with Gasteiger partial charge < -0.3 is 24.2 Å². The average molecular weight is 386 g/mol. The fourth-order valence-corrected chi connectivity index (χ4v) is 3.37. The molecule has 0 radical (unpaired) electrons. The predicted molar refractivity (Wildman–Crippen MR) is 106 cm³/mol. The Morgan fingerprint density at radius 1 is 1.11 bits per heavy atom. The highest BCUT2D eigenvalue weighted by atomic mass is 16.5. The van der Waals surface area contributed by atoms with E-state index in [1.54, 1.807) is 32.7 Å². The minimum atomic E-state index is 0.165. The molecule has 0 bridgehead atoms. The molecule has 2 heterocycles. The smallest absolute Gasteiger partial charge is 0.277 e.